The Labute approximate surface area is 162 Å². The number of alkyl halides is 3. The monoisotopic (exact) mass is 397 g/mol. The van der Waals surface area contributed by atoms with E-state index >= 15 is 0 Å². The van der Waals surface area contributed by atoms with Gasteiger partial charge in [-0.05, 0) is 24.1 Å². The molecule has 0 radical (unpaired) electrons. The quantitative estimate of drug-likeness (QED) is 0.546. The molecule has 0 fully saturated rings. The molecule has 1 atom stereocenters. The van der Waals surface area contributed by atoms with Crippen LogP contribution in [0.15, 0.2) is 49.3 Å². The molecule has 0 amide bonds. The Morgan fingerprint density at radius 2 is 2.00 bits per heavy atom. The van der Waals surface area contributed by atoms with Gasteiger partial charge in [0.1, 0.15) is 5.52 Å². The summed E-state index contributed by atoms with van der Waals surface area (Å²) in [4.78, 5) is 15.5. The summed E-state index contributed by atoms with van der Waals surface area (Å²) in [6, 6.07) is 6.42. The van der Waals surface area contributed by atoms with Gasteiger partial charge in [0, 0.05) is 36.1 Å². The number of hydrogen-bond acceptors (Lipinski definition) is 5. The van der Waals surface area contributed by atoms with Crippen molar-refractivity contribution in [2.75, 3.05) is 0 Å². The predicted molar refractivity (Wildman–Crippen MR) is 97.9 cm³/mol. The van der Waals surface area contributed by atoms with Gasteiger partial charge in [-0.1, -0.05) is 6.07 Å². The van der Waals surface area contributed by atoms with Crippen molar-refractivity contribution in [3.05, 3.63) is 54.9 Å². The highest BCUT2D eigenvalue weighted by Crippen LogP contribution is 2.38. The second-order valence-electron chi connectivity index (χ2n) is 6.37. The number of nitrogens with one attached hydrogen (secondary N) is 1. The van der Waals surface area contributed by atoms with Gasteiger partial charge >= 0.3 is 6.18 Å². The summed E-state index contributed by atoms with van der Waals surface area (Å²) in [5.74, 6) is -1.34. The molecule has 4 aromatic rings. The van der Waals surface area contributed by atoms with Gasteiger partial charge in [-0.3, -0.25) is 0 Å². The number of H-pyrrole nitrogens is 1. The maximum absolute atomic E-state index is 13.3. The second-order valence-corrected chi connectivity index (χ2v) is 6.37. The number of halogens is 3. The smallest absolute Gasteiger partial charge is 0.329 e. The lowest BCUT2D eigenvalue weighted by Gasteiger charge is -2.19. The predicted octanol–water partition coefficient (Wildman–Crippen LogP) is 4.16. The number of rotatable bonds is 5. The summed E-state index contributed by atoms with van der Waals surface area (Å²) in [5.41, 5.74) is 2.97. The molecule has 29 heavy (non-hydrogen) atoms. The topological polar surface area (TPSA) is 96.1 Å². The third kappa shape index (κ3) is 3.67. The summed E-state index contributed by atoms with van der Waals surface area (Å²) in [6.45, 7) is 0. The van der Waals surface area contributed by atoms with Gasteiger partial charge in [0.15, 0.2) is 11.5 Å². The van der Waals surface area contributed by atoms with E-state index in [0.29, 0.717) is 17.0 Å². The average Bonchev–Trinajstić information content (AvgIpc) is 3.37. The van der Waals surface area contributed by atoms with Crippen LogP contribution in [0.5, 0.6) is 0 Å². The number of pyridine rings is 2. The van der Waals surface area contributed by atoms with E-state index in [0.717, 1.165) is 11.1 Å². The van der Waals surface area contributed by atoms with Gasteiger partial charge in [-0.25, -0.2) is 19.6 Å². The van der Waals surface area contributed by atoms with E-state index in [1.165, 1.54) is 23.0 Å². The van der Waals surface area contributed by atoms with Crippen LogP contribution in [0.3, 0.4) is 0 Å². The van der Waals surface area contributed by atoms with E-state index in [2.05, 4.69) is 25.0 Å². The summed E-state index contributed by atoms with van der Waals surface area (Å²) in [5, 5.41) is 12.9. The van der Waals surface area contributed by atoms with Crippen LogP contribution in [0.25, 0.3) is 28.1 Å². The largest absolute Gasteiger partial charge is 0.395 e. The van der Waals surface area contributed by atoms with Crippen LogP contribution in [0.4, 0.5) is 13.2 Å². The molecule has 1 N–H and O–H groups in total. The molecule has 0 saturated carbocycles. The molecule has 0 saturated heterocycles. The first-order valence-electron chi connectivity index (χ1n) is 8.70. The van der Waals surface area contributed by atoms with Gasteiger partial charge in [0.05, 0.1) is 24.5 Å². The molecule has 0 aliphatic carbocycles. The Balaban J connectivity index is 1.62. The lowest BCUT2D eigenvalue weighted by atomic mass is 9.95. The first kappa shape index (κ1) is 18.6. The average molecular weight is 397 g/mol. The maximum Gasteiger partial charge on any atom is 0.395 e. The van der Waals surface area contributed by atoms with Crippen molar-refractivity contribution in [1.29, 1.82) is 5.26 Å². The molecule has 4 rings (SSSR count). The molecule has 10 heteroatoms. The normalized spacial score (nSPS) is 12.8. The SMILES string of the molecule is N#CCCC(c1ccc(-n2cc(-c3ccnc4[nH]cnc34)cn2)nc1)C(F)(F)F. The Hall–Kier alpha value is -3.74. The lowest BCUT2D eigenvalue weighted by molar-refractivity contribution is -0.151. The van der Waals surface area contributed by atoms with Gasteiger partial charge in [0.25, 0.3) is 0 Å². The van der Waals surface area contributed by atoms with Gasteiger partial charge < -0.3 is 4.98 Å². The van der Waals surface area contributed by atoms with Gasteiger partial charge in [0.2, 0.25) is 0 Å². The van der Waals surface area contributed by atoms with Crippen LogP contribution >= 0.6 is 0 Å². The molecule has 0 spiro atoms. The van der Waals surface area contributed by atoms with Crippen LogP contribution in [0, 0.1) is 11.3 Å². The zero-order valence-electron chi connectivity index (χ0n) is 14.9. The van der Waals surface area contributed by atoms with Crippen LogP contribution in [0.1, 0.15) is 24.3 Å². The Kier molecular flexibility index (Phi) is 4.72. The van der Waals surface area contributed by atoms with Crippen molar-refractivity contribution in [2.45, 2.75) is 24.9 Å². The molecule has 0 bridgehead atoms. The van der Waals surface area contributed by atoms with Gasteiger partial charge in [-0.15, -0.1) is 0 Å². The van der Waals surface area contributed by atoms with E-state index in [4.69, 9.17) is 5.26 Å². The number of nitrogens with zero attached hydrogens (tertiary/aromatic N) is 6. The van der Waals surface area contributed by atoms with Crippen molar-refractivity contribution in [2.24, 2.45) is 0 Å². The molecule has 146 valence electrons. The lowest BCUT2D eigenvalue weighted by Crippen LogP contribution is -2.21. The highest BCUT2D eigenvalue weighted by Gasteiger charge is 2.40. The molecule has 0 aliphatic heterocycles. The van der Waals surface area contributed by atoms with Crippen LogP contribution in [0.2, 0.25) is 0 Å². The fourth-order valence-corrected chi connectivity index (χ4v) is 3.14. The van der Waals surface area contributed by atoms with E-state index < -0.39 is 12.1 Å². The van der Waals surface area contributed by atoms with Crippen molar-refractivity contribution in [1.82, 2.24) is 29.7 Å². The van der Waals surface area contributed by atoms with Crippen LogP contribution in [-0.2, 0) is 0 Å². The third-order valence-electron chi connectivity index (χ3n) is 4.56. The Bertz CT molecular complexity index is 1170. The van der Waals surface area contributed by atoms with E-state index in [-0.39, 0.29) is 18.4 Å². The first-order chi connectivity index (χ1) is 14.0. The standard InChI is InChI=1S/C19H14F3N7/c20-19(21,22)15(2-1-6-23)12-3-4-16(25-8-12)29-10-13(9-28-29)14-5-7-24-18-17(14)26-11-27-18/h3-5,7-11,15H,1-2H2,(H,24,26,27). The van der Waals surface area contributed by atoms with Crippen molar-refractivity contribution in [3.63, 3.8) is 0 Å². The Morgan fingerprint density at radius 1 is 1.14 bits per heavy atom. The summed E-state index contributed by atoms with van der Waals surface area (Å²) < 4.78 is 41.3. The highest BCUT2D eigenvalue weighted by atomic mass is 19.4. The third-order valence-corrected chi connectivity index (χ3v) is 4.56. The number of hydrogen-bond donors (Lipinski definition) is 1. The second kappa shape index (κ2) is 7.35. The minimum atomic E-state index is -4.44. The molecule has 0 aliphatic rings. The molecule has 4 heterocycles. The highest BCUT2D eigenvalue weighted by molar-refractivity contribution is 5.88. The fourth-order valence-electron chi connectivity index (χ4n) is 3.14. The van der Waals surface area contributed by atoms with E-state index in [1.807, 2.05) is 6.07 Å². The minimum absolute atomic E-state index is 0.0243. The minimum Gasteiger partial charge on any atom is -0.329 e. The zero-order chi connectivity index (χ0) is 20.4. The Morgan fingerprint density at radius 3 is 2.72 bits per heavy atom. The van der Waals surface area contributed by atoms with Crippen molar-refractivity contribution < 1.29 is 13.2 Å². The molecule has 4 aromatic heterocycles. The zero-order valence-corrected chi connectivity index (χ0v) is 14.9. The van der Waals surface area contributed by atoms with Crippen molar-refractivity contribution >= 4 is 11.2 Å². The summed E-state index contributed by atoms with van der Waals surface area (Å²) in [6.07, 6.45) is 2.83. The number of aromatic nitrogens is 6. The van der Waals surface area contributed by atoms with E-state index in [1.54, 1.807) is 31.0 Å². The number of fused-ring (bicyclic) bond motifs is 1. The number of aromatic amines is 1. The van der Waals surface area contributed by atoms with Crippen LogP contribution < -0.4 is 0 Å². The van der Waals surface area contributed by atoms with Gasteiger partial charge in [-0.2, -0.15) is 23.5 Å². The summed E-state index contributed by atoms with van der Waals surface area (Å²) in [7, 11) is 0. The first-order valence-corrected chi connectivity index (χ1v) is 8.70. The fraction of sp³-hybridized carbons (Fsp3) is 0.211. The molecular formula is C19H14F3N7. The van der Waals surface area contributed by atoms with Crippen LogP contribution in [-0.4, -0.2) is 35.9 Å². The number of imidazole rings is 1. The molecule has 1 unspecified atom stereocenters. The maximum atomic E-state index is 13.3. The molecule has 0 aromatic carbocycles. The number of nitriles is 1. The van der Waals surface area contributed by atoms with E-state index in [9.17, 15) is 13.2 Å². The molecular weight excluding hydrogens is 383 g/mol. The summed E-state index contributed by atoms with van der Waals surface area (Å²) >= 11 is 0. The van der Waals surface area contributed by atoms with Crippen molar-refractivity contribution in [3.8, 4) is 23.0 Å². The molecule has 7 nitrogen and oxygen atoms in total.